The van der Waals surface area contributed by atoms with Gasteiger partial charge in [0, 0.05) is 34.4 Å². The molecule has 2 N–H and O–H groups in total. The van der Waals surface area contributed by atoms with Crippen molar-refractivity contribution in [1.29, 1.82) is 0 Å². The van der Waals surface area contributed by atoms with Gasteiger partial charge in [-0.15, -0.1) is 11.3 Å². The normalized spacial score (nSPS) is 14.3. The Bertz CT molecular complexity index is 1270. The summed E-state index contributed by atoms with van der Waals surface area (Å²) in [7, 11) is 1.67. The average molecular weight is 405 g/mol. The second-order valence-corrected chi connectivity index (χ2v) is 8.11. The first-order valence-corrected chi connectivity index (χ1v) is 10.0. The van der Waals surface area contributed by atoms with Crippen LogP contribution in [-0.2, 0) is 4.79 Å². The molecule has 1 aromatic carbocycles. The van der Waals surface area contributed by atoms with Gasteiger partial charge in [0.2, 0.25) is 5.91 Å². The summed E-state index contributed by atoms with van der Waals surface area (Å²) in [5.41, 5.74) is 8.04. The monoisotopic (exact) mass is 405 g/mol. The largest absolute Gasteiger partial charge is 0.497 e. The topological polar surface area (TPSA) is 86.3 Å². The Morgan fingerprint density at radius 2 is 2.17 bits per heavy atom. The summed E-state index contributed by atoms with van der Waals surface area (Å²) in [6, 6.07) is 8.34. The molecule has 146 valence electrons. The number of likely N-dealkylation sites (tertiary alicyclic amines) is 1. The molecule has 0 atom stereocenters. The van der Waals surface area contributed by atoms with E-state index in [0.29, 0.717) is 18.9 Å². The molecule has 5 rings (SSSR count). The highest BCUT2D eigenvalue weighted by molar-refractivity contribution is 7.22. The molecule has 1 saturated heterocycles. The summed E-state index contributed by atoms with van der Waals surface area (Å²) in [6.45, 7) is 4.81. The number of fused-ring (bicyclic) bond motifs is 2. The van der Waals surface area contributed by atoms with Crippen molar-refractivity contribution in [3.63, 3.8) is 0 Å². The van der Waals surface area contributed by atoms with Gasteiger partial charge in [0.15, 0.2) is 0 Å². The number of carbonyl (C=O) groups is 1. The van der Waals surface area contributed by atoms with Crippen LogP contribution in [0.5, 0.6) is 5.75 Å². The molecule has 1 aliphatic heterocycles. The van der Waals surface area contributed by atoms with Crippen LogP contribution in [0.15, 0.2) is 49.4 Å². The predicted octanol–water partition coefficient (Wildman–Crippen LogP) is 3.47. The molecule has 0 saturated carbocycles. The fourth-order valence-corrected chi connectivity index (χ4v) is 4.85. The highest BCUT2D eigenvalue weighted by Gasteiger charge is 2.32. The lowest BCUT2D eigenvalue weighted by molar-refractivity contribution is -0.131. The van der Waals surface area contributed by atoms with Crippen molar-refractivity contribution in [1.82, 2.24) is 19.4 Å². The fourth-order valence-electron chi connectivity index (χ4n) is 3.79. The van der Waals surface area contributed by atoms with Crippen LogP contribution < -0.4 is 10.5 Å². The highest BCUT2D eigenvalue weighted by Crippen LogP contribution is 2.41. The first kappa shape index (κ1) is 17.7. The zero-order valence-corrected chi connectivity index (χ0v) is 16.6. The maximum atomic E-state index is 11.8. The molecule has 0 aliphatic carbocycles. The predicted molar refractivity (Wildman–Crippen MR) is 115 cm³/mol. The van der Waals surface area contributed by atoms with Crippen LogP contribution in [0, 0.1) is 0 Å². The Morgan fingerprint density at radius 3 is 2.93 bits per heavy atom. The van der Waals surface area contributed by atoms with Crippen LogP contribution in [0.3, 0.4) is 0 Å². The van der Waals surface area contributed by atoms with Gasteiger partial charge in [-0.2, -0.15) is 0 Å². The zero-order chi connectivity index (χ0) is 20.1. The molecule has 4 aromatic rings. The minimum Gasteiger partial charge on any atom is -0.497 e. The number of nitrogens with two attached hydrogens (primary N) is 1. The van der Waals surface area contributed by atoms with Gasteiger partial charge >= 0.3 is 0 Å². The molecule has 0 bridgehead atoms. The third kappa shape index (κ3) is 2.75. The minimum absolute atomic E-state index is 0.0504. The van der Waals surface area contributed by atoms with Crippen LogP contribution in [0.1, 0.15) is 6.04 Å². The van der Waals surface area contributed by atoms with Crippen LogP contribution in [0.25, 0.3) is 31.6 Å². The van der Waals surface area contributed by atoms with E-state index in [-0.39, 0.29) is 11.9 Å². The van der Waals surface area contributed by atoms with Gasteiger partial charge in [0.1, 0.15) is 23.5 Å². The number of hydrogen-bond donors (Lipinski definition) is 1. The molecule has 3 aromatic heterocycles. The van der Waals surface area contributed by atoms with E-state index in [4.69, 9.17) is 10.5 Å². The summed E-state index contributed by atoms with van der Waals surface area (Å²) >= 11 is 1.70. The quantitative estimate of drug-likeness (QED) is 0.526. The van der Waals surface area contributed by atoms with Gasteiger partial charge in [0.05, 0.1) is 18.5 Å². The van der Waals surface area contributed by atoms with E-state index < -0.39 is 0 Å². The summed E-state index contributed by atoms with van der Waals surface area (Å²) in [4.78, 5) is 23.4. The summed E-state index contributed by atoms with van der Waals surface area (Å²) in [5, 5.41) is 1.96. The van der Waals surface area contributed by atoms with Gasteiger partial charge in [-0.25, -0.2) is 9.97 Å². The first-order valence-electron chi connectivity index (χ1n) is 9.19. The minimum atomic E-state index is -0.0504. The third-order valence-electron chi connectivity index (χ3n) is 5.37. The van der Waals surface area contributed by atoms with Crippen LogP contribution in [0.4, 0.5) is 5.82 Å². The molecule has 8 heteroatoms. The number of rotatable bonds is 4. The fraction of sp³-hybridized carbons (Fsp3) is 0.190. The first-order chi connectivity index (χ1) is 14.1. The maximum Gasteiger partial charge on any atom is 0.246 e. The smallest absolute Gasteiger partial charge is 0.246 e. The third-order valence-corrected chi connectivity index (χ3v) is 6.52. The van der Waals surface area contributed by atoms with E-state index in [9.17, 15) is 4.79 Å². The summed E-state index contributed by atoms with van der Waals surface area (Å²) < 4.78 is 8.63. The average Bonchev–Trinajstić information content (AvgIpc) is 3.28. The lowest BCUT2D eigenvalue weighted by Gasteiger charge is -2.39. The van der Waals surface area contributed by atoms with E-state index in [2.05, 4.69) is 39.4 Å². The standard InChI is InChI=1S/C21H19N5O2S/c1-3-18(27)25-8-13(9-25)26-10-15(19-20(22)23-11-24-21(19)26)17-7-12-6-14(28-2)4-5-16(12)29-17/h3-7,10-11,13H,1,8-9H2,2H3,(H2,22,23,24). The molecule has 7 nitrogen and oxygen atoms in total. The van der Waals surface area contributed by atoms with E-state index >= 15 is 0 Å². The summed E-state index contributed by atoms with van der Waals surface area (Å²) in [5.74, 6) is 1.23. The second-order valence-electron chi connectivity index (χ2n) is 7.02. The number of amides is 1. The molecule has 1 aliphatic rings. The van der Waals surface area contributed by atoms with E-state index in [1.807, 2.05) is 12.1 Å². The molecule has 0 spiro atoms. The van der Waals surface area contributed by atoms with Gasteiger partial charge in [-0.3, -0.25) is 4.79 Å². The molecule has 0 unspecified atom stereocenters. The van der Waals surface area contributed by atoms with Crippen molar-refractivity contribution in [3.05, 3.63) is 49.4 Å². The van der Waals surface area contributed by atoms with Crippen molar-refractivity contribution in [3.8, 4) is 16.2 Å². The Balaban J connectivity index is 1.61. The lowest BCUT2D eigenvalue weighted by atomic mass is 10.1. The molecular formula is C21H19N5O2S. The van der Waals surface area contributed by atoms with Crippen molar-refractivity contribution < 1.29 is 9.53 Å². The number of ether oxygens (including phenoxy) is 1. The number of carbonyl (C=O) groups excluding carboxylic acids is 1. The lowest BCUT2D eigenvalue weighted by Crippen LogP contribution is -2.50. The van der Waals surface area contributed by atoms with Gasteiger partial charge in [0.25, 0.3) is 0 Å². The zero-order valence-electron chi connectivity index (χ0n) is 15.8. The molecule has 29 heavy (non-hydrogen) atoms. The van der Waals surface area contributed by atoms with Gasteiger partial charge in [-0.05, 0) is 35.7 Å². The van der Waals surface area contributed by atoms with Crippen molar-refractivity contribution in [2.24, 2.45) is 0 Å². The molecule has 4 heterocycles. The Kier molecular flexibility index (Phi) is 4.02. The van der Waals surface area contributed by atoms with E-state index in [1.54, 1.807) is 23.3 Å². The highest BCUT2D eigenvalue weighted by atomic mass is 32.1. The molecule has 1 fully saturated rings. The van der Waals surface area contributed by atoms with Crippen LogP contribution in [-0.4, -0.2) is 45.5 Å². The number of hydrogen-bond acceptors (Lipinski definition) is 6. The molecule has 0 radical (unpaired) electrons. The Hall–Kier alpha value is -3.39. The number of anilines is 1. The van der Waals surface area contributed by atoms with Crippen LogP contribution in [0.2, 0.25) is 0 Å². The number of nitrogens with zero attached hydrogens (tertiary/aromatic N) is 4. The number of benzene rings is 1. The number of aromatic nitrogens is 3. The van der Waals surface area contributed by atoms with E-state index in [0.717, 1.165) is 32.6 Å². The Labute approximate surface area is 171 Å². The number of nitrogen functional groups attached to an aromatic ring is 1. The van der Waals surface area contributed by atoms with Crippen molar-refractivity contribution >= 4 is 44.2 Å². The van der Waals surface area contributed by atoms with Gasteiger partial charge in [-0.1, -0.05) is 6.58 Å². The maximum absolute atomic E-state index is 11.8. The molecular weight excluding hydrogens is 386 g/mol. The second kappa shape index (κ2) is 6.59. The number of thiophene rings is 1. The van der Waals surface area contributed by atoms with Crippen molar-refractivity contribution in [2.45, 2.75) is 6.04 Å². The van der Waals surface area contributed by atoms with Crippen molar-refractivity contribution in [2.75, 3.05) is 25.9 Å². The van der Waals surface area contributed by atoms with Crippen LogP contribution >= 0.6 is 11.3 Å². The van der Waals surface area contributed by atoms with Gasteiger partial charge < -0.3 is 19.9 Å². The summed E-state index contributed by atoms with van der Waals surface area (Å²) in [6.07, 6.45) is 4.91. The molecule has 1 amide bonds. The van der Waals surface area contributed by atoms with E-state index in [1.165, 1.54) is 17.1 Å². The SMILES string of the molecule is C=CC(=O)N1CC(n2cc(-c3cc4cc(OC)ccc4s3)c3c(N)ncnc32)C1. The number of methoxy groups -OCH3 is 1. The Morgan fingerprint density at radius 1 is 1.34 bits per heavy atom.